The van der Waals surface area contributed by atoms with Crippen LogP contribution in [0.2, 0.25) is 0 Å². The van der Waals surface area contributed by atoms with Crippen LogP contribution >= 0.6 is 0 Å². The van der Waals surface area contributed by atoms with Crippen LogP contribution in [0.1, 0.15) is 12.7 Å². The highest BCUT2D eigenvalue weighted by Crippen LogP contribution is 2.05. The Morgan fingerprint density at radius 1 is 1.69 bits per heavy atom. The van der Waals surface area contributed by atoms with Crippen LogP contribution in [-0.4, -0.2) is 30.4 Å². The van der Waals surface area contributed by atoms with Crippen molar-refractivity contribution in [2.45, 2.75) is 13.5 Å². The van der Waals surface area contributed by atoms with Crippen LogP contribution < -0.4 is 5.32 Å². The molecule has 0 spiro atoms. The Kier molecular flexibility index (Phi) is 5.36. The summed E-state index contributed by atoms with van der Waals surface area (Å²) < 4.78 is 5.21. The first-order valence-corrected chi connectivity index (χ1v) is 5.39. The van der Waals surface area contributed by atoms with Crippen LogP contribution in [0.3, 0.4) is 0 Å². The highest BCUT2D eigenvalue weighted by molar-refractivity contribution is 5.78. The Balaban J connectivity index is 2.40. The van der Waals surface area contributed by atoms with Gasteiger partial charge in [0.25, 0.3) is 0 Å². The Morgan fingerprint density at radius 2 is 2.50 bits per heavy atom. The van der Waals surface area contributed by atoms with Crippen LogP contribution in [-0.2, 0) is 11.3 Å². The molecular formula is C12H18N2O2. The molecule has 0 bridgehead atoms. The monoisotopic (exact) mass is 222 g/mol. The lowest BCUT2D eigenvalue weighted by Crippen LogP contribution is -2.37. The number of rotatable bonds is 7. The molecule has 4 heteroatoms. The minimum Gasteiger partial charge on any atom is -0.467 e. The van der Waals surface area contributed by atoms with E-state index in [1.165, 1.54) is 0 Å². The van der Waals surface area contributed by atoms with Gasteiger partial charge in [-0.1, -0.05) is 6.08 Å². The van der Waals surface area contributed by atoms with Crippen molar-refractivity contribution in [3.8, 4) is 0 Å². The molecule has 0 saturated carbocycles. The molecule has 1 amide bonds. The topological polar surface area (TPSA) is 45.5 Å². The fourth-order valence-electron chi connectivity index (χ4n) is 1.36. The van der Waals surface area contributed by atoms with Crippen molar-refractivity contribution in [2.24, 2.45) is 0 Å². The van der Waals surface area contributed by atoms with Crippen LogP contribution in [0.25, 0.3) is 0 Å². The number of nitrogens with one attached hydrogen (secondary N) is 1. The molecule has 88 valence electrons. The molecule has 1 N–H and O–H groups in total. The summed E-state index contributed by atoms with van der Waals surface area (Å²) in [4.78, 5) is 13.5. The second kappa shape index (κ2) is 6.85. The third-order valence-electron chi connectivity index (χ3n) is 2.23. The summed E-state index contributed by atoms with van der Waals surface area (Å²) >= 11 is 0. The summed E-state index contributed by atoms with van der Waals surface area (Å²) in [5, 5.41) is 2.99. The third kappa shape index (κ3) is 3.90. The Labute approximate surface area is 95.9 Å². The molecule has 0 radical (unpaired) electrons. The molecular weight excluding hydrogens is 204 g/mol. The van der Waals surface area contributed by atoms with E-state index in [4.69, 9.17) is 4.42 Å². The molecule has 0 atom stereocenters. The molecule has 0 aliphatic rings. The van der Waals surface area contributed by atoms with Gasteiger partial charge in [0.1, 0.15) is 5.76 Å². The van der Waals surface area contributed by atoms with E-state index in [1.807, 2.05) is 19.1 Å². The maximum atomic E-state index is 11.8. The lowest BCUT2D eigenvalue weighted by atomic mass is 10.3. The molecule has 4 nitrogen and oxygen atoms in total. The third-order valence-corrected chi connectivity index (χ3v) is 2.23. The smallest absolute Gasteiger partial charge is 0.236 e. The van der Waals surface area contributed by atoms with Gasteiger partial charge in [0, 0.05) is 13.1 Å². The van der Waals surface area contributed by atoms with Gasteiger partial charge in [0.05, 0.1) is 19.4 Å². The van der Waals surface area contributed by atoms with Crippen molar-refractivity contribution in [1.29, 1.82) is 0 Å². The Bertz CT molecular complexity index is 320. The SMILES string of the molecule is C=CCNCC(=O)N(CC)Cc1ccco1. The van der Waals surface area contributed by atoms with Crippen molar-refractivity contribution in [3.05, 3.63) is 36.8 Å². The number of amides is 1. The molecule has 0 unspecified atom stereocenters. The fraction of sp³-hybridized carbons (Fsp3) is 0.417. The van der Waals surface area contributed by atoms with Gasteiger partial charge in [0.15, 0.2) is 0 Å². The van der Waals surface area contributed by atoms with E-state index >= 15 is 0 Å². The van der Waals surface area contributed by atoms with E-state index in [0.29, 0.717) is 26.2 Å². The van der Waals surface area contributed by atoms with E-state index in [0.717, 1.165) is 5.76 Å². The molecule has 16 heavy (non-hydrogen) atoms. The van der Waals surface area contributed by atoms with Crippen LogP contribution in [0, 0.1) is 0 Å². The second-order valence-electron chi connectivity index (χ2n) is 3.41. The molecule has 0 fully saturated rings. The molecule has 1 aromatic heterocycles. The maximum absolute atomic E-state index is 11.8. The lowest BCUT2D eigenvalue weighted by Gasteiger charge is -2.19. The van der Waals surface area contributed by atoms with Crippen molar-refractivity contribution < 1.29 is 9.21 Å². The van der Waals surface area contributed by atoms with Crippen molar-refractivity contribution in [2.75, 3.05) is 19.6 Å². The summed E-state index contributed by atoms with van der Waals surface area (Å²) in [6.07, 6.45) is 3.35. The van der Waals surface area contributed by atoms with Gasteiger partial charge in [-0.05, 0) is 19.1 Å². The average Bonchev–Trinajstić information content (AvgIpc) is 2.78. The first-order chi connectivity index (χ1) is 7.77. The van der Waals surface area contributed by atoms with E-state index in [9.17, 15) is 4.79 Å². The van der Waals surface area contributed by atoms with Crippen LogP contribution in [0.4, 0.5) is 0 Å². The van der Waals surface area contributed by atoms with Gasteiger partial charge in [-0.2, -0.15) is 0 Å². The number of likely N-dealkylation sites (N-methyl/N-ethyl adjacent to an activating group) is 1. The van der Waals surface area contributed by atoms with Crippen LogP contribution in [0.15, 0.2) is 35.5 Å². The molecule has 0 aliphatic carbocycles. The standard InChI is InChI=1S/C12H18N2O2/c1-3-7-13-9-12(15)14(4-2)10-11-6-5-8-16-11/h3,5-6,8,13H,1,4,7,9-10H2,2H3. The fourth-order valence-corrected chi connectivity index (χ4v) is 1.36. The molecule has 0 saturated heterocycles. The van der Waals surface area contributed by atoms with Crippen molar-refractivity contribution in [3.63, 3.8) is 0 Å². The Hall–Kier alpha value is -1.55. The average molecular weight is 222 g/mol. The summed E-state index contributed by atoms with van der Waals surface area (Å²) in [5.74, 6) is 0.875. The van der Waals surface area contributed by atoms with Crippen LogP contribution in [0.5, 0.6) is 0 Å². The van der Waals surface area contributed by atoms with E-state index in [1.54, 1.807) is 17.2 Å². The number of hydrogen-bond acceptors (Lipinski definition) is 3. The van der Waals surface area contributed by atoms with Gasteiger partial charge in [-0.3, -0.25) is 4.79 Å². The summed E-state index contributed by atoms with van der Waals surface area (Å²) in [6.45, 7) is 7.71. The van der Waals surface area contributed by atoms with Gasteiger partial charge in [-0.15, -0.1) is 6.58 Å². The summed E-state index contributed by atoms with van der Waals surface area (Å²) in [6, 6.07) is 3.69. The Morgan fingerprint density at radius 3 is 3.06 bits per heavy atom. The molecule has 1 rings (SSSR count). The second-order valence-corrected chi connectivity index (χ2v) is 3.41. The number of carbonyl (C=O) groups excluding carboxylic acids is 1. The largest absolute Gasteiger partial charge is 0.467 e. The summed E-state index contributed by atoms with van der Waals surface area (Å²) in [5.41, 5.74) is 0. The predicted octanol–water partition coefficient (Wildman–Crippen LogP) is 1.40. The first kappa shape index (κ1) is 12.5. The number of carbonyl (C=O) groups is 1. The van der Waals surface area contributed by atoms with Gasteiger partial charge in [-0.25, -0.2) is 0 Å². The number of nitrogens with zero attached hydrogens (tertiary/aromatic N) is 1. The zero-order chi connectivity index (χ0) is 11.8. The van der Waals surface area contributed by atoms with E-state index in [2.05, 4.69) is 11.9 Å². The highest BCUT2D eigenvalue weighted by Gasteiger charge is 2.12. The molecule has 0 aliphatic heterocycles. The van der Waals surface area contributed by atoms with E-state index in [-0.39, 0.29) is 5.91 Å². The molecule has 1 heterocycles. The zero-order valence-electron chi connectivity index (χ0n) is 9.61. The maximum Gasteiger partial charge on any atom is 0.236 e. The van der Waals surface area contributed by atoms with Crippen molar-refractivity contribution in [1.82, 2.24) is 10.2 Å². The first-order valence-electron chi connectivity index (χ1n) is 5.39. The van der Waals surface area contributed by atoms with E-state index < -0.39 is 0 Å². The molecule has 1 aromatic rings. The lowest BCUT2D eigenvalue weighted by molar-refractivity contribution is -0.130. The molecule has 0 aromatic carbocycles. The minimum atomic E-state index is 0.0701. The summed E-state index contributed by atoms with van der Waals surface area (Å²) in [7, 11) is 0. The van der Waals surface area contributed by atoms with Gasteiger partial charge >= 0.3 is 0 Å². The minimum absolute atomic E-state index is 0.0701. The number of furan rings is 1. The quantitative estimate of drug-likeness (QED) is 0.560. The van der Waals surface area contributed by atoms with Gasteiger partial charge in [0.2, 0.25) is 5.91 Å². The number of hydrogen-bond donors (Lipinski definition) is 1. The van der Waals surface area contributed by atoms with Crippen molar-refractivity contribution >= 4 is 5.91 Å². The normalized spacial score (nSPS) is 10.1. The zero-order valence-corrected chi connectivity index (χ0v) is 9.61. The predicted molar refractivity (Wildman–Crippen MR) is 62.9 cm³/mol. The highest BCUT2D eigenvalue weighted by atomic mass is 16.3. The van der Waals surface area contributed by atoms with Gasteiger partial charge < -0.3 is 14.6 Å².